The summed E-state index contributed by atoms with van der Waals surface area (Å²) >= 11 is 5.71. The monoisotopic (exact) mass is 245 g/mol. The molecule has 90 valence electrons. The molecule has 0 aliphatic heterocycles. The molecule has 1 aromatic rings. The van der Waals surface area contributed by atoms with Crippen LogP contribution in [0.2, 0.25) is 5.02 Å². The van der Waals surface area contributed by atoms with Crippen molar-refractivity contribution in [3.8, 4) is 0 Å². The van der Waals surface area contributed by atoms with Crippen LogP contribution in [-0.2, 0) is 0 Å². The molecule has 0 saturated carbocycles. The second-order valence-corrected chi connectivity index (χ2v) is 4.26. The van der Waals surface area contributed by atoms with E-state index in [0.29, 0.717) is 0 Å². The Morgan fingerprint density at radius 2 is 2.19 bits per heavy atom. The Kier molecular flexibility index (Phi) is 5.19. The van der Waals surface area contributed by atoms with Gasteiger partial charge in [0.05, 0.1) is 11.6 Å². The maximum absolute atomic E-state index is 13.0. The number of benzene rings is 1. The van der Waals surface area contributed by atoms with Crippen LogP contribution in [0.1, 0.15) is 31.9 Å². The van der Waals surface area contributed by atoms with Gasteiger partial charge >= 0.3 is 0 Å². The summed E-state index contributed by atoms with van der Waals surface area (Å²) in [5.74, 6) is -0.410. The molecule has 0 spiro atoms. The Morgan fingerprint density at radius 3 is 2.69 bits per heavy atom. The van der Waals surface area contributed by atoms with Crippen LogP contribution in [0.5, 0.6) is 0 Å². The van der Waals surface area contributed by atoms with Crippen LogP contribution in [0, 0.1) is 5.82 Å². The summed E-state index contributed by atoms with van der Waals surface area (Å²) in [6, 6.07) is 4.76. The zero-order valence-electron chi connectivity index (χ0n) is 9.50. The molecule has 4 heteroatoms. The van der Waals surface area contributed by atoms with E-state index in [1.807, 2.05) is 13.8 Å². The third-order valence-electron chi connectivity index (χ3n) is 2.64. The Balaban J connectivity index is 2.72. The van der Waals surface area contributed by atoms with E-state index in [1.54, 1.807) is 12.1 Å². The molecule has 2 nitrogen and oxygen atoms in total. The first-order valence-corrected chi connectivity index (χ1v) is 5.78. The van der Waals surface area contributed by atoms with Crippen LogP contribution in [-0.4, -0.2) is 17.8 Å². The summed E-state index contributed by atoms with van der Waals surface area (Å²) in [6.07, 6.45) is 0.843. The van der Waals surface area contributed by atoms with Gasteiger partial charge in [-0.05, 0) is 31.0 Å². The fourth-order valence-corrected chi connectivity index (χ4v) is 1.72. The quantitative estimate of drug-likeness (QED) is 0.836. The molecule has 0 saturated heterocycles. The van der Waals surface area contributed by atoms with E-state index < -0.39 is 5.82 Å². The van der Waals surface area contributed by atoms with Crippen molar-refractivity contribution in [3.63, 3.8) is 0 Å². The lowest BCUT2D eigenvalue weighted by Crippen LogP contribution is -2.33. The third kappa shape index (κ3) is 3.44. The van der Waals surface area contributed by atoms with Gasteiger partial charge in [0.2, 0.25) is 0 Å². The van der Waals surface area contributed by atoms with Gasteiger partial charge in [0.1, 0.15) is 5.82 Å². The van der Waals surface area contributed by atoms with Crippen molar-refractivity contribution in [1.29, 1.82) is 0 Å². The Bertz CT molecular complexity index is 342. The largest absolute Gasteiger partial charge is 0.395 e. The van der Waals surface area contributed by atoms with Gasteiger partial charge in [-0.15, -0.1) is 0 Å². The molecule has 0 heterocycles. The first-order chi connectivity index (χ1) is 7.58. The molecule has 0 fully saturated rings. The number of aliphatic hydroxyl groups excluding tert-OH is 1. The topological polar surface area (TPSA) is 32.3 Å². The number of aliphatic hydroxyl groups is 1. The van der Waals surface area contributed by atoms with E-state index in [9.17, 15) is 4.39 Å². The number of nitrogens with one attached hydrogen (secondary N) is 1. The second kappa shape index (κ2) is 6.18. The minimum Gasteiger partial charge on any atom is -0.395 e. The predicted molar refractivity (Wildman–Crippen MR) is 64.1 cm³/mol. The highest BCUT2D eigenvalue weighted by molar-refractivity contribution is 6.30. The summed E-state index contributed by atoms with van der Waals surface area (Å²) in [7, 11) is 0. The van der Waals surface area contributed by atoms with Crippen LogP contribution >= 0.6 is 11.6 Å². The van der Waals surface area contributed by atoms with Gasteiger partial charge in [-0.1, -0.05) is 24.6 Å². The van der Waals surface area contributed by atoms with Crippen molar-refractivity contribution in [3.05, 3.63) is 34.6 Å². The van der Waals surface area contributed by atoms with E-state index in [1.165, 1.54) is 6.07 Å². The first-order valence-electron chi connectivity index (χ1n) is 5.40. The average molecular weight is 246 g/mol. The van der Waals surface area contributed by atoms with E-state index in [-0.39, 0.29) is 23.7 Å². The molecule has 1 rings (SSSR count). The molecule has 0 radical (unpaired) electrons. The van der Waals surface area contributed by atoms with Crippen molar-refractivity contribution in [2.24, 2.45) is 0 Å². The summed E-state index contributed by atoms with van der Waals surface area (Å²) in [5.41, 5.74) is 0.915. The van der Waals surface area contributed by atoms with Crippen molar-refractivity contribution in [1.82, 2.24) is 5.32 Å². The molecule has 0 amide bonds. The van der Waals surface area contributed by atoms with Gasteiger partial charge in [0.25, 0.3) is 0 Å². The SMILES string of the molecule is CC[C@H](CO)NC(C)c1ccc(F)c(Cl)c1. The highest BCUT2D eigenvalue weighted by atomic mass is 35.5. The normalized spacial score (nSPS) is 14.8. The molecule has 0 aromatic heterocycles. The Morgan fingerprint density at radius 1 is 1.50 bits per heavy atom. The molecular formula is C12H17ClFNO. The van der Waals surface area contributed by atoms with Gasteiger partial charge in [0.15, 0.2) is 0 Å². The molecule has 0 bridgehead atoms. The number of hydrogen-bond donors (Lipinski definition) is 2. The van der Waals surface area contributed by atoms with E-state index in [0.717, 1.165) is 12.0 Å². The van der Waals surface area contributed by atoms with Crippen LogP contribution < -0.4 is 5.32 Å². The fraction of sp³-hybridized carbons (Fsp3) is 0.500. The maximum atomic E-state index is 13.0. The second-order valence-electron chi connectivity index (χ2n) is 3.85. The lowest BCUT2D eigenvalue weighted by Gasteiger charge is -2.21. The smallest absolute Gasteiger partial charge is 0.141 e. The lowest BCUT2D eigenvalue weighted by molar-refractivity contribution is 0.230. The minimum atomic E-state index is -0.410. The molecule has 2 N–H and O–H groups in total. The van der Waals surface area contributed by atoms with E-state index >= 15 is 0 Å². The Labute approximate surface area is 100 Å². The number of halogens is 2. The zero-order chi connectivity index (χ0) is 12.1. The summed E-state index contributed by atoms with van der Waals surface area (Å²) in [5, 5.41) is 12.4. The third-order valence-corrected chi connectivity index (χ3v) is 2.93. The molecule has 2 atom stereocenters. The molecular weight excluding hydrogens is 229 g/mol. The van der Waals surface area contributed by atoms with E-state index in [2.05, 4.69) is 5.32 Å². The molecule has 1 aromatic carbocycles. The average Bonchev–Trinajstić information content (AvgIpc) is 2.29. The van der Waals surface area contributed by atoms with Crippen molar-refractivity contribution in [2.75, 3.05) is 6.61 Å². The minimum absolute atomic E-state index is 0.0372. The van der Waals surface area contributed by atoms with Crippen LogP contribution in [0.4, 0.5) is 4.39 Å². The maximum Gasteiger partial charge on any atom is 0.141 e. The van der Waals surface area contributed by atoms with Crippen molar-refractivity contribution < 1.29 is 9.50 Å². The number of hydrogen-bond acceptors (Lipinski definition) is 2. The highest BCUT2D eigenvalue weighted by Crippen LogP contribution is 2.21. The molecule has 16 heavy (non-hydrogen) atoms. The lowest BCUT2D eigenvalue weighted by atomic mass is 10.1. The van der Waals surface area contributed by atoms with Gasteiger partial charge in [0, 0.05) is 12.1 Å². The summed E-state index contributed by atoms with van der Waals surface area (Å²) in [4.78, 5) is 0. The zero-order valence-corrected chi connectivity index (χ0v) is 10.3. The molecule has 0 aliphatic carbocycles. The standard InChI is InChI=1S/C12H17ClFNO/c1-3-10(7-16)15-8(2)9-4-5-12(14)11(13)6-9/h4-6,8,10,15-16H,3,7H2,1-2H3/t8?,10-/m1/s1. The van der Waals surface area contributed by atoms with Crippen LogP contribution in [0.25, 0.3) is 0 Å². The van der Waals surface area contributed by atoms with Gasteiger partial charge < -0.3 is 10.4 Å². The fourth-order valence-electron chi connectivity index (χ4n) is 1.53. The van der Waals surface area contributed by atoms with Crippen LogP contribution in [0.3, 0.4) is 0 Å². The first kappa shape index (κ1) is 13.4. The van der Waals surface area contributed by atoms with Gasteiger partial charge in [-0.2, -0.15) is 0 Å². The number of rotatable bonds is 5. The molecule has 1 unspecified atom stereocenters. The highest BCUT2D eigenvalue weighted by Gasteiger charge is 2.12. The van der Waals surface area contributed by atoms with Gasteiger partial charge in [-0.3, -0.25) is 0 Å². The van der Waals surface area contributed by atoms with Gasteiger partial charge in [-0.25, -0.2) is 4.39 Å². The summed E-state index contributed by atoms with van der Waals surface area (Å²) in [6.45, 7) is 4.05. The van der Waals surface area contributed by atoms with Crippen molar-refractivity contribution in [2.45, 2.75) is 32.4 Å². The van der Waals surface area contributed by atoms with Crippen molar-refractivity contribution >= 4 is 11.6 Å². The summed E-state index contributed by atoms with van der Waals surface area (Å²) < 4.78 is 13.0. The van der Waals surface area contributed by atoms with E-state index in [4.69, 9.17) is 16.7 Å². The van der Waals surface area contributed by atoms with Crippen LogP contribution in [0.15, 0.2) is 18.2 Å². The molecule has 0 aliphatic rings. The Hall–Kier alpha value is -0.640. The predicted octanol–water partition coefficient (Wildman–Crippen LogP) is 2.90.